The topological polar surface area (TPSA) is 27.7 Å². The van der Waals surface area contributed by atoms with E-state index in [-0.39, 0.29) is 0 Å². The minimum atomic E-state index is 0.370. The molecule has 0 bridgehead atoms. The number of likely N-dealkylation sites (tertiary alicyclic amines) is 1. The zero-order valence-corrected chi connectivity index (χ0v) is 14.5. The van der Waals surface area contributed by atoms with Gasteiger partial charge in [-0.1, -0.05) is 12.1 Å². The standard InChI is InChI=1S/C18H31N3O/c1-15(19-11-13-20(2)3)16-7-9-18(10-8-16)22-14-17-6-5-12-21(17)4/h7-10,15,17,19H,5-6,11-14H2,1-4H3/t15?,17-/m1/s1. The van der Waals surface area contributed by atoms with Crippen molar-refractivity contribution in [1.29, 1.82) is 0 Å². The molecule has 4 nitrogen and oxygen atoms in total. The highest BCUT2D eigenvalue weighted by Gasteiger charge is 2.21. The molecule has 0 radical (unpaired) electrons. The quantitative estimate of drug-likeness (QED) is 0.798. The third-order valence-electron chi connectivity index (χ3n) is 4.50. The summed E-state index contributed by atoms with van der Waals surface area (Å²) in [5.74, 6) is 0.976. The van der Waals surface area contributed by atoms with Gasteiger partial charge in [0.25, 0.3) is 0 Å². The lowest BCUT2D eigenvalue weighted by molar-refractivity contribution is 0.198. The summed E-state index contributed by atoms with van der Waals surface area (Å²) in [6, 6.07) is 9.46. The summed E-state index contributed by atoms with van der Waals surface area (Å²) >= 11 is 0. The van der Waals surface area contributed by atoms with Crippen molar-refractivity contribution in [3.63, 3.8) is 0 Å². The summed E-state index contributed by atoms with van der Waals surface area (Å²) in [6.07, 6.45) is 2.54. The Balaban J connectivity index is 1.77. The maximum atomic E-state index is 5.94. The molecular weight excluding hydrogens is 274 g/mol. The van der Waals surface area contributed by atoms with Gasteiger partial charge in [0.1, 0.15) is 12.4 Å². The Morgan fingerprint density at radius 3 is 2.64 bits per heavy atom. The van der Waals surface area contributed by atoms with E-state index in [1.807, 2.05) is 0 Å². The molecule has 1 N–H and O–H groups in total. The molecule has 0 spiro atoms. The van der Waals surface area contributed by atoms with Gasteiger partial charge in [0.05, 0.1) is 0 Å². The smallest absolute Gasteiger partial charge is 0.119 e. The molecule has 0 aliphatic carbocycles. The Labute approximate surface area is 135 Å². The third kappa shape index (κ3) is 5.27. The van der Waals surface area contributed by atoms with Gasteiger partial charge in [-0.15, -0.1) is 0 Å². The largest absolute Gasteiger partial charge is 0.492 e. The molecule has 22 heavy (non-hydrogen) atoms. The number of nitrogens with one attached hydrogen (secondary N) is 1. The van der Waals surface area contributed by atoms with E-state index in [0.717, 1.165) is 25.4 Å². The van der Waals surface area contributed by atoms with Crippen LogP contribution in [0.1, 0.15) is 31.4 Å². The van der Waals surface area contributed by atoms with Crippen molar-refractivity contribution in [1.82, 2.24) is 15.1 Å². The molecule has 2 rings (SSSR count). The monoisotopic (exact) mass is 305 g/mol. The first kappa shape index (κ1) is 17.3. The first-order valence-electron chi connectivity index (χ1n) is 8.37. The van der Waals surface area contributed by atoms with E-state index in [2.05, 4.69) is 67.4 Å². The molecule has 4 heteroatoms. The van der Waals surface area contributed by atoms with Crippen LogP contribution < -0.4 is 10.1 Å². The van der Waals surface area contributed by atoms with Crippen LogP contribution in [-0.2, 0) is 0 Å². The lowest BCUT2D eigenvalue weighted by Crippen LogP contribution is -2.30. The highest BCUT2D eigenvalue weighted by molar-refractivity contribution is 5.29. The molecule has 124 valence electrons. The fourth-order valence-corrected chi connectivity index (χ4v) is 2.86. The van der Waals surface area contributed by atoms with Crippen molar-refractivity contribution < 1.29 is 4.74 Å². The maximum absolute atomic E-state index is 5.94. The van der Waals surface area contributed by atoms with Gasteiger partial charge in [-0.2, -0.15) is 0 Å². The average Bonchev–Trinajstić information content (AvgIpc) is 2.90. The van der Waals surface area contributed by atoms with Gasteiger partial charge in [0, 0.05) is 25.2 Å². The Morgan fingerprint density at radius 2 is 2.05 bits per heavy atom. The van der Waals surface area contributed by atoms with E-state index >= 15 is 0 Å². The van der Waals surface area contributed by atoms with Crippen LogP contribution in [0.4, 0.5) is 0 Å². The number of nitrogens with zero attached hydrogens (tertiary/aromatic N) is 2. The maximum Gasteiger partial charge on any atom is 0.119 e. The molecule has 1 aliphatic rings. The summed E-state index contributed by atoms with van der Waals surface area (Å²) in [5.41, 5.74) is 1.31. The van der Waals surface area contributed by atoms with Gasteiger partial charge < -0.3 is 19.9 Å². The van der Waals surface area contributed by atoms with Crippen molar-refractivity contribution >= 4 is 0 Å². The number of likely N-dealkylation sites (N-methyl/N-ethyl adjacent to an activating group) is 2. The van der Waals surface area contributed by atoms with E-state index in [0.29, 0.717) is 12.1 Å². The number of hydrogen-bond acceptors (Lipinski definition) is 4. The number of hydrogen-bond donors (Lipinski definition) is 1. The van der Waals surface area contributed by atoms with Gasteiger partial charge in [0.2, 0.25) is 0 Å². The van der Waals surface area contributed by atoms with Crippen LogP contribution in [0.5, 0.6) is 5.75 Å². The molecule has 2 atom stereocenters. The zero-order valence-electron chi connectivity index (χ0n) is 14.5. The highest BCUT2D eigenvalue weighted by atomic mass is 16.5. The second-order valence-corrected chi connectivity index (χ2v) is 6.64. The lowest BCUT2D eigenvalue weighted by atomic mass is 10.1. The summed E-state index contributed by atoms with van der Waals surface area (Å²) in [5, 5.41) is 3.54. The second kappa shape index (κ2) is 8.51. The van der Waals surface area contributed by atoms with Crippen LogP contribution in [0, 0.1) is 0 Å². The minimum absolute atomic E-state index is 0.370. The van der Waals surface area contributed by atoms with Crippen molar-refractivity contribution in [2.24, 2.45) is 0 Å². The molecule has 1 fully saturated rings. The predicted molar refractivity (Wildman–Crippen MR) is 92.6 cm³/mol. The van der Waals surface area contributed by atoms with Gasteiger partial charge in [0.15, 0.2) is 0 Å². The average molecular weight is 305 g/mol. The predicted octanol–water partition coefficient (Wildman–Crippen LogP) is 2.37. The first-order valence-corrected chi connectivity index (χ1v) is 8.37. The molecule has 1 heterocycles. The molecule has 1 aliphatic heterocycles. The molecule has 0 aromatic heterocycles. The molecule has 1 aromatic rings. The lowest BCUT2D eigenvalue weighted by Gasteiger charge is -2.20. The van der Waals surface area contributed by atoms with E-state index in [4.69, 9.17) is 4.74 Å². The number of benzene rings is 1. The highest BCUT2D eigenvalue weighted by Crippen LogP contribution is 2.20. The van der Waals surface area contributed by atoms with Gasteiger partial charge in [-0.3, -0.25) is 0 Å². The normalized spacial score (nSPS) is 20.5. The van der Waals surface area contributed by atoms with Crippen LogP contribution >= 0.6 is 0 Å². The van der Waals surface area contributed by atoms with Gasteiger partial charge >= 0.3 is 0 Å². The summed E-state index contributed by atoms with van der Waals surface area (Å²) in [4.78, 5) is 4.59. The molecule has 1 unspecified atom stereocenters. The van der Waals surface area contributed by atoms with Gasteiger partial charge in [-0.05, 0) is 65.1 Å². The Hall–Kier alpha value is -1.10. The van der Waals surface area contributed by atoms with E-state index in [9.17, 15) is 0 Å². The van der Waals surface area contributed by atoms with Crippen LogP contribution in [0.15, 0.2) is 24.3 Å². The third-order valence-corrected chi connectivity index (χ3v) is 4.50. The van der Waals surface area contributed by atoms with Crippen LogP contribution in [0.2, 0.25) is 0 Å². The van der Waals surface area contributed by atoms with Crippen molar-refractivity contribution in [2.45, 2.75) is 31.8 Å². The molecule has 0 saturated carbocycles. The van der Waals surface area contributed by atoms with E-state index < -0.39 is 0 Å². The SMILES string of the molecule is CC(NCCN(C)C)c1ccc(OC[C@H]2CCCN2C)cc1. The van der Waals surface area contributed by atoms with Crippen molar-refractivity contribution in [2.75, 3.05) is 47.4 Å². The zero-order chi connectivity index (χ0) is 15.9. The fraction of sp³-hybridized carbons (Fsp3) is 0.667. The van der Waals surface area contributed by atoms with Crippen LogP contribution in [0.25, 0.3) is 0 Å². The van der Waals surface area contributed by atoms with Gasteiger partial charge in [-0.25, -0.2) is 0 Å². The molecule has 1 saturated heterocycles. The molecule has 1 aromatic carbocycles. The summed E-state index contributed by atoms with van der Waals surface area (Å²) in [6.45, 7) is 6.26. The number of ether oxygens (including phenoxy) is 1. The molecular formula is C18H31N3O. The number of rotatable bonds is 8. The second-order valence-electron chi connectivity index (χ2n) is 6.64. The Kier molecular flexibility index (Phi) is 6.68. The van der Waals surface area contributed by atoms with E-state index in [1.165, 1.54) is 24.9 Å². The van der Waals surface area contributed by atoms with Crippen LogP contribution in [-0.4, -0.2) is 63.2 Å². The first-order chi connectivity index (χ1) is 10.6. The summed E-state index contributed by atoms with van der Waals surface area (Å²) in [7, 11) is 6.38. The Bertz CT molecular complexity index is 432. The minimum Gasteiger partial charge on any atom is -0.492 e. The van der Waals surface area contributed by atoms with Crippen LogP contribution in [0.3, 0.4) is 0 Å². The summed E-state index contributed by atoms with van der Waals surface area (Å²) < 4.78 is 5.94. The fourth-order valence-electron chi connectivity index (χ4n) is 2.86. The molecule has 0 amide bonds. The Morgan fingerprint density at radius 1 is 1.32 bits per heavy atom. The van der Waals surface area contributed by atoms with Crippen molar-refractivity contribution in [3.8, 4) is 5.75 Å². The van der Waals surface area contributed by atoms with E-state index in [1.54, 1.807) is 0 Å². The van der Waals surface area contributed by atoms with Crippen molar-refractivity contribution in [3.05, 3.63) is 29.8 Å².